The number of anilines is 1. The normalized spacial score (nSPS) is 10.5. The number of nitrogens with zero attached hydrogens (tertiary/aromatic N) is 1. The lowest BCUT2D eigenvalue weighted by atomic mass is 10.0. The molecule has 0 amide bonds. The topological polar surface area (TPSA) is 54.7 Å². The van der Waals surface area contributed by atoms with Crippen LogP contribution in [0, 0.1) is 0 Å². The largest absolute Gasteiger partial charge is 0.382 e. The molecule has 0 atom stereocenters. The molecule has 0 fully saturated rings. The fourth-order valence-electron chi connectivity index (χ4n) is 1.75. The third kappa shape index (κ3) is 2.01. The van der Waals surface area contributed by atoms with Crippen LogP contribution in [-0.2, 0) is 6.42 Å². The number of nitrogens with two attached hydrogens (primary N) is 1. The van der Waals surface area contributed by atoms with Crippen LogP contribution in [0.1, 0.15) is 18.9 Å². The van der Waals surface area contributed by atoms with Gasteiger partial charge in [0.15, 0.2) is 0 Å². The van der Waals surface area contributed by atoms with Crippen molar-refractivity contribution in [3.63, 3.8) is 0 Å². The first-order chi connectivity index (χ1) is 7.31. The highest BCUT2D eigenvalue weighted by molar-refractivity contribution is 5.65. The number of hydrogen-bond acceptors (Lipinski definition) is 2. The van der Waals surface area contributed by atoms with Crippen LogP contribution in [0.25, 0.3) is 11.3 Å². The number of aromatic nitrogens is 2. The molecule has 3 heteroatoms. The van der Waals surface area contributed by atoms with E-state index >= 15 is 0 Å². The van der Waals surface area contributed by atoms with E-state index in [9.17, 15) is 0 Å². The Hall–Kier alpha value is -1.77. The second-order valence-electron chi connectivity index (χ2n) is 3.61. The van der Waals surface area contributed by atoms with Crippen LogP contribution in [-0.4, -0.2) is 10.2 Å². The molecule has 0 aliphatic heterocycles. The van der Waals surface area contributed by atoms with E-state index in [1.54, 1.807) is 0 Å². The summed E-state index contributed by atoms with van der Waals surface area (Å²) in [6.07, 6.45) is 2.22. The maximum atomic E-state index is 5.60. The van der Waals surface area contributed by atoms with Crippen LogP contribution >= 0.6 is 0 Å². The van der Waals surface area contributed by atoms with Gasteiger partial charge in [0.25, 0.3) is 0 Å². The standard InChI is InChI=1S/C12H15N3/c1-2-5-9-6-3-4-7-10(9)11-8-12(13)15-14-11/h3-4,6-8H,2,5H2,1H3,(H3,13,14,15). The summed E-state index contributed by atoms with van der Waals surface area (Å²) in [6, 6.07) is 10.2. The zero-order valence-corrected chi connectivity index (χ0v) is 8.83. The van der Waals surface area contributed by atoms with Crippen molar-refractivity contribution in [1.82, 2.24) is 10.2 Å². The molecule has 0 bridgehead atoms. The Morgan fingerprint density at radius 3 is 2.80 bits per heavy atom. The highest BCUT2D eigenvalue weighted by Crippen LogP contribution is 2.23. The number of nitrogens with one attached hydrogen (secondary N) is 1. The zero-order valence-electron chi connectivity index (χ0n) is 8.83. The van der Waals surface area contributed by atoms with Crippen molar-refractivity contribution in [3.8, 4) is 11.3 Å². The number of H-pyrrole nitrogens is 1. The SMILES string of the molecule is CCCc1ccccc1-c1cc(N)n[nH]1. The van der Waals surface area contributed by atoms with Crippen LogP contribution in [0.15, 0.2) is 30.3 Å². The molecule has 0 aliphatic carbocycles. The first-order valence-corrected chi connectivity index (χ1v) is 5.20. The lowest BCUT2D eigenvalue weighted by Crippen LogP contribution is -1.88. The van der Waals surface area contributed by atoms with Gasteiger partial charge in [0, 0.05) is 11.6 Å². The molecule has 1 aromatic heterocycles. The molecular formula is C12H15N3. The third-order valence-electron chi connectivity index (χ3n) is 2.42. The number of rotatable bonds is 3. The van der Waals surface area contributed by atoms with E-state index in [1.807, 2.05) is 12.1 Å². The lowest BCUT2D eigenvalue weighted by Gasteiger charge is -2.05. The van der Waals surface area contributed by atoms with Crippen molar-refractivity contribution >= 4 is 5.82 Å². The molecular weight excluding hydrogens is 186 g/mol. The molecule has 3 nitrogen and oxygen atoms in total. The van der Waals surface area contributed by atoms with Crippen LogP contribution in [0.4, 0.5) is 5.82 Å². The molecule has 2 aromatic rings. The lowest BCUT2D eigenvalue weighted by molar-refractivity contribution is 0.922. The average Bonchev–Trinajstić information content (AvgIpc) is 2.66. The van der Waals surface area contributed by atoms with E-state index < -0.39 is 0 Å². The van der Waals surface area contributed by atoms with E-state index in [2.05, 4.69) is 35.3 Å². The molecule has 0 aliphatic rings. The average molecular weight is 201 g/mol. The van der Waals surface area contributed by atoms with Crippen LogP contribution in [0.2, 0.25) is 0 Å². The fraction of sp³-hybridized carbons (Fsp3) is 0.250. The summed E-state index contributed by atoms with van der Waals surface area (Å²) >= 11 is 0. The molecule has 15 heavy (non-hydrogen) atoms. The summed E-state index contributed by atoms with van der Waals surface area (Å²) in [6.45, 7) is 2.18. The van der Waals surface area contributed by atoms with Crippen molar-refractivity contribution in [2.45, 2.75) is 19.8 Å². The van der Waals surface area contributed by atoms with Crippen LogP contribution < -0.4 is 5.73 Å². The smallest absolute Gasteiger partial charge is 0.145 e. The van der Waals surface area contributed by atoms with E-state index in [4.69, 9.17) is 5.73 Å². The van der Waals surface area contributed by atoms with E-state index in [0.29, 0.717) is 5.82 Å². The van der Waals surface area contributed by atoms with Gasteiger partial charge in [0.2, 0.25) is 0 Å². The number of hydrogen-bond donors (Lipinski definition) is 2. The van der Waals surface area contributed by atoms with Crippen LogP contribution in [0.3, 0.4) is 0 Å². The maximum absolute atomic E-state index is 5.60. The van der Waals surface area contributed by atoms with E-state index in [-0.39, 0.29) is 0 Å². The molecule has 78 valence electrons. The minimum atomic E-state index is 0.538. The summed E-state index contributed by atoms with van der Waals surface area (Å²) in [5, 5.41) is 6.89. The Bertz CT molecular complexity index is 446. The molecule has 3 N–H and O–H groups in total. The minimum absolute atomic E-state index is 0.538. The molecule has 0 unspecified atom stereocenters. The Kier molecular flexibility index (Phi) is 2.72. The fourth-order valence-corrected chi connectivity index (χ4v) is 1.75. The summed E-state index contributed by atoms with van der Waals surface area (Å²) in [5.74, 6) is 0.538. The zero-order chi connectivity index (χ0) is 10.7. The quantitative estimate of drug-likeness (QED) is 0.802. The highest BCUT2D eigenvalue weighted by atomic mass is 15.2. The Balaban J connectivity index is 2.42. The molecule has 0 saturated carbocycles. The predicted molar refractivity (Wildman–Crippen MR) is 62.4 cm³/mol. The summed E-state index contributed by atoms with van der Waals surface area (Å²) in [7, 11) is 0. The van der Waals surface area contributed by atoms with Gasteiger partial charge >= 0.3 is 0 Å². The Morgan fingerprint density at radius 1 is 1.33 bits per heavy atom. The number of benzene rings is 1. The summed E-state index contributed by atoms with van der Waals surface area (Å²) < 4.78 is 0. The van der Waals surface area contributed by atoms with Crippen LogP contribution in [0.5, 0.6) is 0 Å². The second kappa shape index (κ2) is 4.17. The third-order valence-corrected chi connectivity index (χ3v) is 2.42. The Labute approximate surface area is 89.3 Å². The molecule has 0 saturated heterocycles. The van der Waals surface area contributed by atoms with Crippen molar-refractivity contribution < 1.29 is 0 Å². The molecule has 1 heterocycles. The van der Waals surface area contributed by atoms with Crippen molar-refractivity contribution in [1.29, 1.82) is 0 Å². The summed E-state index contributed by atoms with van der Waals surface area (Å²) in [4.78, 5) is 0. The number of nitrogen functional groups attached to an aromatic ring is 1. The van der Waals surface area contributed by atoms with Gasteiger partial charge in [0.05, 0.1) is 5.69 Å². The maximum Gasteiger partial charge on any atom is 0.145 e. The highest BCUT2D eigenvalue weighted by Gasteiger charge is 2.05. The van der Waals surface area contributed by atoms with Gasteiger partial charge in [-0.25, -0.2) is 0 Å². The monoisotopic (exact) mass is 201 g/mol. The number of aryl methyl sites for hydroxylation is 1. The van der Waals surface area contributed by atoms with E-state index in [0.717, 1.165) is 18.5 Å². The van der Waals surface area contributed by atoms with Gasteiger partial charge in [-0.2, -0.15) is 5.10 Å². The van der Waals surface area contributed by atoms with Gasteiger partial charge in [-0.05, 0) is 12.0 Å². The minimum Gasteiger partial charge on any atom is -0.382 e. The second-order valence-corrected chi connectivity index (χ2v) is 3.61. The van der Waals surface area contributed by atoms with Gasteiger partial charge < -0.3 is 5.73 Å². The molecule has 2 rings (SSSR count). The molecule has 0 spiro atoms. The first kappa shape index (κ1) is 9.77. The van der Waals surface area contributed by atoms with Gasteiger partial charge in [-0.15, -0.1) is 0 Å². The van der Waals surface area contributed by atoms with Gasteiger partial charge in [-0.1, -0.05) is 37.6 Å². The van der Waals surface area contributed by atoms with Gasteiger partial charge in [0.1, 0.15) is 5.82 Å². The van der Waals surface area contributed by atoms with Crippen molar-refractivity contribution in [2.75, 3.05) is 5.73 Å². The van der Waals surface area contributed by atoms with E-state index in [1.165, 1.54) is 11.1 Å². The molecule has 0 radical (unpaired) electrons. The van der Waals surface area contributed by atoms with Gasteiger partial charge in [-0.3, -0.25) is 5.10 Å². The van der Waals surface area contributed by atoms with Crippen molar-refractivity contribution in [2.24, 2.45) is 0 Å². The molecule has 1 aromatic carbocycles. The predicted octanol–water partition coefficient (Wildman–Crippen LogP) is 2.61. The summed E-state index contributed by atoms with van der Waals surface area (Å²) in [5.41, 5.74) is 9.13. The Morgan fingerprint density at radius 2 is 2.13 bits per heavy atom. The first-order valence-electron chi connectivity index (χ1n) is 5.20. The number of aromatic amines is 1. The van der Waals surface area contributed by atoms with Crippen molar-refractivity contribution in [3.05, 3.63) is 35.9 Å².